The monoisotopic (exact) mass is 317 g/mol. The lowest BCUT2D eigenvalue weighted by Gasteiger charge is -2.21. The number of amides is 1. The van der Waals surface area contributed by atoms with E-state index in [0.29, 0.717) is 11.3 Å². The van der Waals surface area contributed by atoms with Crippen LogP contribution in [0.2, 0.25) is 0 Å². The van der Waals surface area contributed by atoms with E-state index in [1.54, 1.807) is 30.4 Å². The largest absolute Gasteiger partial charge is 0.481 e. The van der Waals surface area contributed by atoms with Crippen molar-refractivity contribution in [3.63, 3.8) is 0 Å². The molecule has 0 radical (unpaired) electrons. The Kier molecular flexibility index (Phi) is 3.87. The van der Waals surface area contributed by atoms with Crippen LogP contribution in [-0.2, 0) is 19.1 Å². The summed E-state index contributed by atoms with van der Waals surface area (Å²) in [6.07, 6.45) is 2.27. The zero-order valence-corrected chi connectivity index (χ0v) is 12.3. The molecule has 2 bridgehead atoms. The number of fused-ring (bicyclic) bond motifs is 2. The first-order chi connectivity index (χ1) is 11.0. The smallest absolute Gasteiger partial charge is 0.337 e. The van der Waals surface area contributed by atoms with Crippen molar-refractivity contribution in [2.24, 2.45) is 11.8 Å². The number of anilines is 1. The number of methoxy groups -OCH3 is 1. The summed E-state index contributed by atoms with van der Waals surface area (Å²) >= 11 is 0. The molecule has 0 spiro atoms. The summed E-state index contributed by atoms with van der Waals surface area (Å²) in [4.78, 5) is 35.4. The van der Waals surface area contributed by atoms with E-state index >= 15 is 0 Å². The third-order valence-electron chi connectivity index (χ3n) is 4.04. The first-order valence-electron chi connectivity index (χ1n) is 7.07. The van der Waals surface area contributed by atoms with Crippen molar-refractivity contribution in [3.05, 3.63) is 42.0 Å². The van der Waals surface area contributed by atoms with Crippen LogP contribution in [0.25, 0.3) is 0 Å². The average Bonchev–Trinajstić information content (AvgIpc) is 3.15. The van der Waals surface area contributed by atoms with Crippen molar-refractivity contribution in [2.45, 2.75) is 12.2 Å². The maximum atomic E-state index is 12.5. The molecule has 0 aliphatic carbocycles. The van der Waals surface area contributed by atoms with E-state index in [9.17, 15) is 19.5 Å². The lowest BCUT2D eigenvalue weighted by molar-refractivity contribution is -0.145. The number of aliphatic carboxylic acids is 1. The van der Waals surface area contributed by atoms with Gasteiger partial charge < -0.3 is 19.9 Å². The molecule has 2 aliphatic heterocycles. The van der Waals surface area contributed by atoms with Gasteiger partial charge in [-0.05, 0) is 18.2 Å². The highest BCUT2D eigenvalue weighted by molar-refractivity contribution is 5.98. The first kappa shape index (κ1) is 15.2. The van der Waals surface area contributed by atoms with Gasteiger partial charge >= 0.3 is 11.9 Å². The predicted molar refractivity (Wildman–Crippen MR) is 78.8 cm³/mol. The number of benzene rings is 1. The van der Waals surface area contributed by atoms with Crippen molar-refractivity contribution in [2.75, 3.05) is 12.4 Å². The standard InChI is InChI=1S/C16H15NO6/c1-22-16(21)8-3-2-4-9(7-8)17-14(18)12-10-5-6-11(23-10)13(12)15(19)20/h2-7,10-13H,1H3,(H,17,18)(H,19,20). The van der Waals surface area contributed by atoms with Crippen molar-refractivity contribution in [1.82, 2.24) is 0 Å². The van der Waals surface area contributed by atoms with Gasteiger partial charge in [-0.3, -0.25) is 9.59 Å². The van der Waals surface area contributed by atoms with Crippen LogP contribution in [-0.4, -0.2) is 42.3 Å². The Hall–Kier alpha value is -2.67. The van der Waals surface area contributed by atoms with Gasteiger partial charge in [0.2, 0.25) is 5.91 Å². The minimum absolute atomic E-state index is 0.296. The molecule has 3 rings (SSSR count). The van der Waals surface area contributed by atoms with Crippen LogP contribution in [0.1, 0.15) is 10.4 Å². The van der Waals surface area contributed by atoms with Crippen LogP contribution < -0.4 is 5.32 Å². The number of nitrogens with one attached hydrogen (secondary N) is 1. The molecule has 2 aliphatic rings. The normalized spacial score (nSPS) is 27.7. The molecule has 1 fully saturated rings. The van der Waals surface area contributed by atoms with E-state index in [-0.39, 0.29) is 0 Å². The lowest BCUT2D eigenvalue weighted by atomic mass is 9.82. The summed E-state index contributed by atoms with van der Waals surface area (Å²) in [6.45, 7) is 0. The third kappa shape index (κ3) is 2.70. The van der Waals surface area contributed by atoms with Crippen LogP contribution in [0.3, 0.4) is 0 Å². The zero-order valence-electron chi connectivity index (χ0n) is 12.3. The maximum Gasteiger partial charge on any atom is 0.337 e. The molecule has 7 heteroatoms. The molecule has 1 amide bonds. The molecule has 1 aromatic rings. The highest BCUT2D eigenvalue weighted by Gasteiger charge is 2.53. The van der Waals surface area contributed by atoms with E-state index in [2.05, 4.69) is 10.1 Å². The number of hydrogen-bond acceptors (Lipinski definition) is 5. The molecule has 2 heterocycles. The minimum atomic E-state index is -1.06. The first-order valence-corrected chi connectivity index (χ1v) is 7.07. The van der Waals surface area contributed by atoms with Gasteiger partial charge in [0.15, 0.2) is 0 Å². The highest BCUT2D eigenvalue weighted by atomic mass is 16.5. The molecule has 23 heavy (non-hydrogen) atoms. The number of carbonyl (C=O) groups is 3. The summed E-state index contributed by atoms with van der Waals surface area (Å²) in [5, 5.41) is 12.0. The number of carbonyl (C=O) groups excluding carboxylic acids is 2. The van der Waals surface area contributed by atoms with Gasteiger partial charge in [-0.1, -0.05) is 18.2 Å². The van der Waals surface area contributed by atoms with Gasteiger partial charge in [-0.2, -0.15) is 0 Å². The Morgan fingerprint density at radius 1 is 1.17 bits per heavy atom. The number of rotatable bonds is 4. The van der Waals surface area contributed by atoms with E-state index in [4.69, 9.17) is 4.74 Å². The Bertz CT molecular complexity index is 698. The van der Waals surface area contributed by atoms with Crippen molar-refractivity contribution in [1.29, 1.82) is 0 Å². The molecule has 1 aromatic carbocycles. The summed E-state index contributed by atoms with van der Waals surface area (Å²) in [7, 11) is 1.27. The molecule has 120 valence electrons. The van der Waals surface area contributed by atoms with Crippen LogP contribution in [0.5, 0.6) is 0 Å². The third-order valence-corrected chi connectivity index (χ3v) is 4.04. The molecule has 4 unspecified atom stereocenters. The number of carboxylic acids is 1. The number of ether oxygens (including phenoxy) is 2. The SMILES string of the molecule is COC(=O)c1cccc(NC(=O)C2C3C=CC(O3)C2C(=O)O)c1. The van der Waals surface area contributed by atoms with Crippen LogP contribution >= 0.6 is 0 Å². The van der Waals surface area contributed by atoms with Crippen LogP contribution in [0.15, 0.2) is 36.4 Å². The van der Waals surface area contributed by atoms with E-state index in [0.717, 1.165) is 0 Å². The van der Waals surface area contributed by atoms with Gasteiger partial charge in [0.05, 0.1) is 30.8 Å². The molecule has 7 nitrogen and oxygen atoms in total. The quantitative estimate of drug-likeness (QED) is 0.636. The fourth-order valence-electron chi connectivity index (χ4n) is 2.98. The molecule has 0 saturated carbocycles. The summed E-state index contributed by atoms with van der Waals surface area (Å²) < 4.78 is 10.1. The second kappa shape index (κ2) is 5.85. The topological polar surface area (TPSA) is 102 Å². The average molecular weight is 317 g/mol. The Labute approximate surface area is 131 Å². The molecular weight excluding hydrogens is 302 g/mol. The Morgan fingerprint density at radius 3 is 2.52 bits per heavy atom. The summed E-state index contributed by atoms with van der Waals surface area (Å²) in [5.41, 5.74) is 0.693. The predicted octanol–water partition coefficient (Wildman–Crippen LogP) is 1.07. The number of esters is 1. The van der Waals surface area contributed by atoms with Crippen LogP contribution in [0, 0.1) is 11.8 Å². The van der Waals surface area contributed by atoms with Gasteiger partial charge in [0, 0.05) is 5.69 Å². The lowest BCUT2D eigenvalue weighted by Crippen LogP contribution is -2.39. The Morgan fingerprint density at radius 2 is 1.87 bits per heavy atom. The van der Waals surface area contributed by atoms with Gasteiger partial charge in [0.1, 0.15) is 5.92 Å². The second-order valence-corrected chi connectivity index (χ2v) is 5.40. The highest BCUT2D eigenvalue weighted by Crippen LogP contribution is 2.39. The number of hydrogen-bond donors (Lipinski definition) is 2. The molecule has 4 atom stereocenters. The van der Waals surface area contributed by atoms with E-state index in [1.165, 1.54) is 13.2 Å². The zero-order chi connectivity index (χ0) is 16.6. The Balaban J connectivity index is 1.78. The molecule has 1 saturated heterocycles. The molecular formula is C16H15NO6. The fourth-order valence-corrected chi connectivity index (χ4v) is 2.98. The van der Waals surface area contributed by atoms with Crippen LogP contribution in [0.4, 0.5) is 5.69 Å². The summed E-state index contributed by atoms with van der Waals surface area (Å²) in [5.74, 6) is -3.74. The van der Waals surface area contributed by atoms with E-state index < -0.39 is 41.9 Å². The molecule has 0 aromatic heterocycles. The minimum Gasteiger partial charge on any atom is -0.481 e. The van der Waals surface area contributed by atoms with Gasteiger partial charge in [0.25, 0.3) is 0 Å². The maximum absolute atomic E-state index is 12.5. The van der Waals surface area contributed by atoms with Crippen molar-refractivity contribution in [3.8, 4) is 0 Å². The fraction of sp³-hybridized carbons (Fsp3) is 0.312. The van der Waals surface area contributed by atoms with Crippen molar-refractivity contribution >= 4 is 23.5 Å². The number of carboxylic acid groups (broad SMARTS) is 1. The van der Waals surface area contributed by atoms with E-state index in [1.807, 2.05) is 0 Å². The second-order valence-electron chi connectivity index (χ2n) is 5.40. The van der Waals surface area contributed by atoms with Gasteiger partial charge in [-0.15, -0.1) is 0 Å². The van der Waals surface area contributed by atoms with Crippen molar-refractivity contribution < 1.29 is 29.0 Å². The molecule has 2 N–H and O–H groups in total. The van der Waals surface area contributed by atoms with Gasteiger partial charge in [-0.25, -0.2) is 4.79 Å². The summed E-state index contributed by atoms with van der Waals surface area (Å²) in [6, 6.07) is 6.26.